The van der Waals surface area contributed by atoms with Crippen molar-refractivity contribution in [3.63, 3.8) is 0 Å². The van der Waals surface area contributed by atoms with Gasteiger partial charge in [-0.05, 0) is 12.5 Å². The predicted molar refractivity (Wildman–Crippen MR) is 67.4 cm³/mol. The van der Waals surface area contributed by atoms with Crippen molar-refractivity contribution in [2.45, 2.75) is 24.3 Å². The zero-order chi connectivity index (χ0) is 13.2. The fourth-order valence-electron chi connectivity index (χ4n) is 1.90. The minimum atomic E-state index is -3.49. The summed E-state index contributed by atoms with van der Waals surface area (Å²) in [5.74, 6) is 0.205. The van der Waals surface area contributed by atoms with Crippen LogP contribution in [0, 0.1) is 0 Å². The number of hydrogen-bond donors (Lipinski definition) is 1. The van der Waals surface area contributed by atoms with Crippen molar-refractivity contribution in [2.24, 2.45) is 0 Å². The summed E-state index contributed by atoms with van der Waals surface area (Å²) >= 11 is 0. The van der Waals surface area contributed by atoms with E-state index in [1.807, 2.05) is 6.92 Å². The fraction of sp³-hybridized carbons (Fsp3) is 0.545. The predicted octanol–water partition coefficient (Wildman–Crippen LogP) is 0.463. The van der Waals surface area contributed by atoms with Gasteiger partial charge in [-0.25, -0.2) is 13.4 Å². The van der Waals surface area contributed by atoms with Gasteiger partial charge in [-0.2, -0.15) is 4.31 Å². The summed E-state index contributed by atoms with van der Waals surface area (Å²) in [7, 11) is -3.49. The Morgan fingerprint density at radius 1 is 1.61 bits per heavy atom. The second kappa shape index (κ2) is 5.21. The molecule has 0 saturated carbocycles. The van der Waals surface area contributed by atoms with Gasteiger partial charge in [0.1, 0.15) is 5.82 Å². The fourth-order valence-corrected chi connectivity index (χ4v) is 3.37. The summed E-state index contributed by atoms with van der Waals surface area (Å²) in [6.45, 7) is 3.17. The van der Waals surface area contributed by atoms with E-state index in [2.05, 4.69) is 4.98 Å². The molecule has 2 N–H and O–H groups in total. The molecule has 0 amide bonds. The van der Waals surface area contributed by atoms with Crippen molar-refractivity contribution in [3.05, 3.63) is 18.3 Å². The molecule has 1 saturated heterocycles. The second-order valence-electron chi connectivity index (χ2n) is 4.18. The third kappa shape index (κ3) is 2.63. The second-order valence-corrected chi connectivity index (χ2v) is 6.12. The molecule has 2 heterocycles. The van der Waals surface area contributed by atoms with Gasteiger partial charge in [0.2, 0.25) is 10.0 Å². The van der Waals surface area contributed by atoms with Crippen LogP contribution in [0.4, 0.5) is 5.82 Å². The van der Waals surface area contributed by atoms with Crippen molar-refractivity contribution in [1.29, 1.82) is 0 Å². The summed E-state index contributed by atoms with van der Waals surface area (Å²) in [6, 6.07) is 2.84. The summed E-state index contributed by atoms with van der Waals surface area (Å²) < 4.78 is 31.7. The molecule has 0 aromatic carbocycles. The zero-order valence-corrected chi connectivity index (χ0v) is 11.1. The minimum Gasteiger partial charge on any atom is -0.384 e. The number of nitrogen functional groups attached to an aromatic ring is 1. The summed E-state index contributed by atoms with van der Waals surface area (Å²) in [5.41, 5.74) is 5.52. The topological polar surface area (TPSA) is 85.5 Å². The van der Waals surface area contributed by atoms with Crippen LogP contribution in [0.1, 0.15) is 13.3 Å². The molecule has 1 aromatic heterocycles. The van der Waals surface area contributed by atoms with Crippen molar-refractivity contribution in [1.82, 2.24) is 9.29 Å². The van der Waals surface area contributed by atoms with E-state index >= 15 is 0 Å². The van der Waals surface area contributed by atoms with Crippen LogP contribution >= 0.6 is 0 Å². The molecule has 1 unspecified atom stereocenters. The number of ether oxygens (including phenoxy) is 1. The zero-order valence-electron chi connectivity index (χ0n) is 10.2. The first-order chi connectivity index (χ1) is 8.54. The number of pyridine rings is 1. The number of rotatable bonds is 3. The van der Waals surface area contributed by atoms with Crippen LogP contribution in [0.5, 0.6) is 0 Å². The van der Waals surface area contributed by atoms with Gasteiger partial charge in [0.15, 0.2) is 0 Å². The normalized spacial score (nSPS) is 21.9. The highest BCUT2D eigenvalue weighted by atomic mass is 32.2. The van der Waals surface area contributed by atoms with Crippen LogP contribution in [0.2, 0.25) is 0 Å². The molecule has 0 aliphatic carbocycles. The molecule has 0 spiro atoms. The molecular formula is C11H17N3O3S. The summed E-state index contributed by atoms with van der Waals surface area (Å²) in [5, 5.41) is 0. The van der Waals surface area contributed by atoms with E-state index in [0.717, 1.165) is 6.42 Å². The standard InChI is InChI=1S/C11H17N3O3S/c1-2-9-8-14(5-6-17-9)18(15,16)10-3-4-13-11(12)7-10/h3-4,7,9H,2,5-6,8H2,1H3,(H2,12,13). The number of nitrogens with zero attached hydrogens (tertiary/aromatic N) is 2. The molecule has 1 aromatic rings. The van der Waals surface area contributed by atoms with Crippen LogP contribution < -0.4 is 5.73 Å². The van der Waals surface area contributed by atoms with Crippen LogP contribution in [0.15, 0.2) is 23.2 Å². The minimum absolute atomic E-state index is 0.0345. The van der Waals surface area contributed by atoms with Gasteiger partial charge in [0, 0.05) is 25.4 Å². The summed E-state index contributed by atoms with van der Waals surface area (Å²) in [6.07, 6.45) is 2.16. The van der Waals surface area contributed by atoms with Crippen molar-refractivity contribution in [2.75, 3.05) is 25.4 Å². The Balaban J connectivity index is 2.25. The molecule has 1 fully saturated rings. The van der Waals surface area contributed by atoms with Gasteiger partial charge < -0.3 is 10.5 Å². The van der Waals surface area contributed by atoms with Crippen LogP contribution in [0.25, 0.3) is 0 Å². The first kappa shape index (κ1) is 13.3. The van der Waals surface area contributed by atoms with E-state index in [1.54, 1.807) is 0 Å². The largest absolute Gasteiger partial charge is 0.384 e. The van der Waals surface area contributed by atoms with Crippen LogP contribution in [0.3, 0.4) is 0 Å². The maximum Gasteiger partial charge on any atom is 0.243 e. The van der Waals surface area contributed by atoms with E-state index in [9.17, 15) is 8.42 Å². The molecule has 1 aliphatic heterocycles. The van der Waals surface area contributed by atoms with Crippen molar-refractivity contribution < 1.29 is 13.2 Å². The number of nitrogens with two attached hydrogens (primary N) is 1. The maximum atomic E-state index is 12.4. The highest BCUT2D eigenvalue weighted by molar-refractivity contribution is 7.89. The molecule has 2 rings (SSSR count). The molecule has 100 valence electrons. The highest BCUT2D eigenvalue weighted by Crippen LogP contribution is 2.20. The van der Waals surface area contributed by atoms with Gasteiger partial charge in [0.25, 0.3) is 0 Å². The Hall–Kier alpha value is -1.18. The van der Waals surface area contributed by atoms with Gasteiger partial charge in [0.05, 0.1) is 17.6 Å². The first-order valence-corrected chi connectivity index (χ1v) is 7.31. The van der Waals surface area contributed by atoms with E-state index in [1.165, 1.54) is 22.6 Å². The number of hydrogen-bond acceptors (Lipinski definition) is 5. The Kier molecular flexibility index (Phi) is 3.84. The Bertz CT molecular complexity index is 518. The van der Waals surface area contributed by atoms with Crippen molar-refractivity contribution in [3.8, 4) is 0 Å². The van der Waals surface area contributed by atoms with E-state index < -0.39 is 10.0 Å². The quantitative estimate of drug-likeness (QED) is 0.863. The lowest BCUT2D eigenvalue weighted by molar-refractivity contribution is -0.00277. The summed E-state index contributed by atoms with van der Waals surface area (Å²) in [4.78, 5) is 3.99. The average Bonchev–Trinajstić information content (AvgIpc) is 2.39. The monoisotopic (exact) mass is 271 g/mol. The molecule has 0 radical (unpaired) electrons. The third-order valence-corrected chi connectivity index (χ3v) is 4.81. The Labute approximate surface area is 107 Å². The number of sulfonamides is 1. The van der Waals surface area contributed by atoms with Gasteiger partial charge >= 0.3 is 0 Å². The number of aromatic nitrogens is 1. The highest BCUT2D eigenvalue weighted by Gasteiger charge is 2.30. The Morgan fingerprint density at radius 2 is 2.39 bits per heavy atom. The smallest absolute Gasteiger partial charge is 0.243 e. The van der Waals surface area contributed by atoms with Crippen molar-refractivity contribution >= 4 is 15.8 Å². The van der Waals surface area contributed by atoms with Crippen LogP contribution in [-0.2, 0) is 14.8 Å². The first-order valence-electron chi connectivity index (χ1n) is 5.87. The van der Waals surface area contributed by atoms with Crippen LogP contribution in [-0.4, -0.2) is 43.5 Å². The van der Waals surface area contributed by atoms with E-state index in [0.29, 0.717) is 19.7 Å². The van der Waals surface area contributed by atoms with E-state index in [4.69, 9.17) is 10.5 Å². The molecule has 7 heteroatoms. The SMILES string of the molecule is CCC1CN(S(=O)(=O)c2ccnc(N)c2)CCO1. The van der Waals surface area contributed by atoms with E-state index in [-0.39, 0.29) is 16.8 Å². The van der Waals surface area contributed by atoms with Gasteiger partial charge in [-0.1, -0.05) is 6.92 Å². The maximum absolute atomic E-state index is 12.4. The van der Waals surface area contributed by atoms with Gasteiger partial charge in [-0.3, -0.25) is 0 Å². The number of morpholine rings is 1. The Morgan fingerprint density at radius 3 is 3.06 bits per heavy atom. The van der Waals surface area contributed by atoms with Gasteiger partial charge in [-0.15, -0.1) is 0 Å². The molecular weight excluding hydrogens is 254 g/mol. The third-order valence-electron chi connectivity index (χ3n) is 2.95. The lowest BCUT2D eigenvalue weighted by atomic mass is 10.2. The lowest BCUT2D eigenvalue weighted by Crippen LogP contribution is -2.45. The number of anilines is 1. The molecule has 1 atom stereocenters. The molecule has 1 aliphatic rings. The molecule has 0 bridgehead atoms. The molecule has 18 heavy (non-hydrogen) atoms. The average molecular weight is 271 g/mol. The molecule has 6 nitrogen and oxygen atoms in total. The lowest BCUT2D eigenvalue weighted by Gasteiger charge is -2.31.